The lowest BCUT2D eigenvalue weighted by Crippen LogP contribution is -2.48. The Hall–Kier alpha value is -1.60. The molecule has 0 saturated heterocycles. The Morgan fingerprint density at radius 2 is 2.00 bits per heavy atom. The molecule has 7 heteroatoms. The van der Waals surface area contributed by atoms with Gasteiger partial charge in [-0.1, -0.05) is 13.0 Å². The van der Waals surface area contributed by atoms with E-state index in [1.54, 1.807) is 25.1 Å². The number of hydrogen-bond acceptors (Lipinski definition) is 4. The summed E-state index contributed by atoms with van der Waals surface area (Å²) in [6, 6.07) is 6.38. The summed E-state index contributed by atoms with van der Waals surface area (Å²) in [5.74, 6) is -0.245. The minimum atomic E-state index is -3.37. The second kappa shape index (κ2) is 6.91. The third-order valence-electron chi connectivity index (χ3n) is 2.83. The van der Waals surface area contributed by atoms with Crippen LogP contribution in [0.15, 0.2) is 24.3 Å². The zero-order valence-corrected chi connectivity index (χ0v) is 13.5. The van der Waals surface area contributed by atoms with Crippen molar-refractivity contribution < 1.29 is 13.2 Å². The first-order chi connectivity index (χ1) is 9.69. The van der Waals surface area contributed by atoms with E-state index in [9.17, 15) is 13.2 Å². The van der Waals surface area contributed by atoms with Crippen molar-refractivity contribution in [2.24, 2.45) is 5.73 Å². The summed E-state index contributed by atoms with van der Waals surface area (Å²) >= 11 is 0. The number of nitrogens with two attached hydrogens (primary N) is 1. The van der Waals surface area contributed by atoms with Crippen LogP contribution in [-0.2, 0) is 10.0 Å². The maximum absolute atomic E-state index is 12.1. The number of rotatable bonds is 7. The van der Waals surface area contributed by atoms with Crippen LogP contribution in [0.2, 0.25) is 0 Å². The smallest absolute Gasteiger partial charge is 0.251 e. The predicted molar refractivity (Wildman–Crippen MR) is 84.7 cm³/mol. The van der Waals surface area contributed by atoms with Gasteiger partial charge in [0, 0.05) is 23.3 Å². The summed E-state index contributed by atoms with van der Waals surface area (Å²) in [5, 5.41) is 2.80. The lowest BCUT2D eigenvalue weighted by Gasteiger charge is -2.24. The van der Waals surface area contributed by atoms with Crippen LogP contribution in [0.1, 0.15) is 37.6 Å². The van der Waals surface area contributed by atoms with Crippen LogP contribution in [-0.4, -0.2) is 32.2 Å². The number of amides is 1. The maximum Gasteiger partial charge on any atom is 0.251 e. The SMILES string of the molecule is CCCS(=O)(=O)Nc1cccc(C(=O)NC(C)(C)CN)c1. The largest absolute Gasteiger partial charge is 0.346 e. The molecule has 0 heterocycles. The molecule has 0 aromatic heterocycles. The summed E-state index contributed by atoms with van der Waals surface area (Å²) in [5.41, 5.74) is 5.81. The van der Waals surface area contributed by atoms with Gasteiger partial charge in [0.1, 0.15) is 0 Å². The predicted octanol–water partition coefficient (Wildman–Crippen LogP) is 1.31. The molecule has 0 aliphatic carbocycles. The first-order valence-electron chi connectivity index (χ1n) is 6.82. The van der Waals surface area contributed by atoms with Gasteiger partial charge in [-0.2, -0.15) is 0 Å². The molecule has 0 bridgehead atoms. The fraction of sp³-hybridized carbons (Fsp3) is 0.500. The zero-order chi connectivity index (χ0) is 16.1. The Morgan fingerprint density at radius 1 is 1.33 bits per heavy atom. The summed E-state index contributed by atoms with van der Waals surface area (Å²) in [7, 11) is -3.37. The number of sulfonamides is 1. The van der Waals surface area contributed by atoms with E-state index in [-0.39, 0.29) is 11.7 Å². The Balaban J connectivity index is 2.88. The van der Waals surface area contributed by atoms with Crippen molar-refractivity contribution in [3.8, 4) is 0 Å². The van der Waals surface area contributed by atoms with Crippen molar-refractivity contribution in [2.75, 3.05) is 17.0 Å². The van der Waals surface area contributed by atoms with Crippen LogP contribution in [0.4, 0.5) is 5.69 Å². The number of carbonyl (C=O) groups is 1. The van der Waals surface area contributed by atoms with Crippen molar-refractivity contribution in [2.45, 2.75) is 32.7 Å². The summed E-state index contributed by atoms with van der Waals surface area (Å²) < 4.78 is 25.9. The zero-order valence-electron chi connectivity index (χ0n) is 12.6. The average Bonchev–Trinajstić information content (AvgIpc) is 2.37. The average molecular weight is 313 g/mol. The lowest BCUT2D eigenvalue weighted by molar-refractivity contribution is 0.0915. The molecule has 4 N–H and O–H groups in total. The molecule has 6 nitrogen and oxygen atoms in total. The van der Waals surface area contributed by atoms with Gasteiger partial charge in [0.2, 0.25) is 10.0 Å². The second-order valence-corrected chi connectivity index (χ2v) is 7.39. The van der Waals surface area contributed by atoms with Crippen LogP contribution in [0.5, 0.6) is 0 Å². The van der Waals surface area contributed by atoms with Crippen molar-refractivity contribution in [1.29, 1.82) is 0 Å². The monoisotopic (exact) mass is 313 g/mol. The van der Waals surface area contributed by atoms with Crippen molar-refractivity contribution in [3.63, 3.8) is 0 Å². The van der Waals surface area contributed by atoms with E-state index < -0.39 is 15.6 Å². The first-order valence-corrected chi connectivity index (χ1v) is 8.47. The summed E-state index contributed by atoms with van der Waals surface area (Å²) in [4.78, 5) is 12.1. The first kappa shape index (κ1) is 17.5. The van der Waals surface area contributed by atoms with Gasteiger partial charge < -0.3 is 11.1 Å². The molecular weight excluding hydrogens is 290 g/mol. The molecule has 0 aliphatic rings. The van der Waals surface area contributed by atoms with E-state index >= 15 is 0 Å². The standard InChI is InChI=1S/C14H23N3O3S/c1-4-8-21(19,20)17-12-7-5-6-11(9-12)13(18)16-14(2,3)10-15/h5-7,9,17H,4,8,10,15H2,1-3H3,(H,16,18). The van der Waals surface area contributed by atoms with E-state index in [0.717, 1.165) is 0 Å². The molecule has 1 aromatic rings. The van der Waals surface area contributed by atoms with Crippen LogP contribution in [0.3, 0.4) is 0 Å². The fourth-order valence-electron chi connectivity index (χ4n) is 1.65. The molecule has 118 valence electrons. The Morgan fingerprint density at radius 3 is 2.57 bits per heavy atom. The Labute approximate surface area is 126 Å². The summed E-state index contributed by atoms with van der Waals surface area (Å²) in [6.45, 7) is 5.73. The highest BCUT2D eigenvalue weighted by atomic mass is 32.2. The fourth-order valence-corrected chi connectivity index (χ4v) is 2.78. The maximum atomic E-state index is 12.1. The Bertz CT molecular complexity index is 597. The van der Waals surface area contributed by atoms with E-state index in [1.165, 1.54) is 6.07 Å². The molecule has 0 atom stereocenters. The quantitative estimate of drug-likeness (QED) is 0.706. The third-order valence-corrected chi connectivity index (χ3v) is 4.33. The van der Waals surface area contributed by atoms with Gasteiger partial charge in [-0.3, -0.25) is 9.52 Å². The van der Waals surface area contributed by atoms with E-state index in [4.69, 9.17) is 5.73 Å². The van der Waals surface area contributed by atoms with Gasteiger partial charge in [0.25, 0.3) is 5.91 Å². The highest BCUT2D eigenvalue weighted by molar-refractivity contribution is 7.92. The van der Waals surface area contributed by atoms with Gasteiger partial charge in [-0.25, -0.2) is 8.42 Å². The molecule has 0 unspecified atom stereocenters. The van der Waals surface area contributed by atoms with Crippen molar-refractivity contribution in [3.05, 3.63) is 29.8 Å². The van der Waals surface area contributed by atoms with Crippen molar-refractivity contribution in [1.82, 2.24) is 5.32 Å². The number of benzene rings is 1. The lowest BCUT2D eigenvalue weighted by atomic mass is 10.1. The van der Waals surface area contributed by atoms with Gasteiger partial charge in [0.15, 0.2) is 0 Å². The van der Waals surface area contributed by atoms with Crippen LogP contribution < -0.4 is 15.8 Å². The highest BCUT2D eigenvalue weighted by Gasteiger charge is 2.19. The van der Waals surface area contributed by atoms with E-state index in [2.05, 4.69) is 10.0 Å². The molecule has 0 saturated carbocycles. The molecule has 1 amide bonds. The molecule has 1 rings (SSSR count). The van der Waals surface area contributed by atoms with Gasteiger partial charge in [0.05, 0.1) is 5.75 Å². The number of carbonyl (C=O) groups excluding carboxylic acids is 1. The molecule has 0 aliphatic heterocycles. The minimum absolute atomic E-state index is 0.0453. The highest BCUT2D eigenvalue weighted by Crippen LogP contribution is 2.14. The number of anilines is 1. The molecule has 1 aromatic carbocycles. The number of nitrogens with one attached hydrogen (secondary N) is 2. The van der Waals surface area contributed by atoms with Gasteiger partial charge >= 0.3 is 0 Å². The topological polar surface area (TPSA) is 101 Å². The number of hydrogen-bond donors (Lipinski definition) is 3. The van der Waals surface area contributed by atoms with Gasteiger partial charge in [-0.05, 0) is 38.5 Å². The van der Waals surface area contributed by atoms with Crippen LogP contribution in [0, 0.1) is 0 Å². The molecular formula is C14H23N3O3S. The van der Waals surface area contributed by atoms with E-state index in [0.29, 0.717) is 24.2 Å². The van der Waals surface area contributed by atoms with Crippen molar-refractivity contribution >= 4 is 21.6 Å². The minimum Gasteiger partial charge on any atom is -0.346 e. The third kappa shape index (κ3) is 5.73. The molecule has 0 radical (unpaired) electrons. The van der Waals surface area contributed by atoms with Crippen LogP contribution in [0.25, 0.3) is 0 Å². The normalized spacial score (nSPS) is 12.0. The van der Waals surface area contributed by atoms with Crippen LogP contribution >= 0.6 is 0 Å². The molecule has 21 heavy (non-hydrogen) atoms. The molecule has 0 fully saturated rings. The molecule has 0 spiro atoms. The van der Waals surface area contributed by atoms with Gasteiger partial charge in [-0.15, -0.1) is 0 Å². The summed E-state index contributed by atoms with van der Waals surface area (Å²) in [6.07, 6.45) is 0.528. The second-order valence-electron chi connectivity index (χ2n) is 5.54. The van der Waals surface area contributed by atoms with E-state index in [1.807, 2.05) is 13.8 Å². The Kier molecular flexibility index (Phi) is 5.74.